The number of aromatic nitrogens is 2. The van der Waals surface area contributed by atoms with Gasteiger partial charge in [0.15, 0.2) is 5.03 Å². The average Bonchev–Trinajstić information content (AvgIpc) is 3.11. The minimum atomic E-state index is -3.84. The van der Waals surface area contributed by atoms with Crippen molar-refractivity contribution in [1.29, 1.82) is 0 Å². The molecule has 0 atom stereocenters. The number of sulfone groups is 1. The van der Waals surface area contributed by atoms with Crippen molar-refractivity contribution in [3.8, 4) is 0 Å². The van der Waals surface area contributed by atoms with E-state index in [1.807, 2.05) is 44.2 Å². The van der Waals surface area contributed by atoms with Gasteiger partial charge in [0.2, 0.25) is 9.84 Å². The average molecular weight is 453 g/mol. The summed E-state index contributed by atoms with van der Waals surface area (Å²) in [7, 11) is -3.84. The molecule has 3 rings (SSSR count). The highest BCUT2D eigenvalue weighted by Gasteiger charge is 2.27. The van der Waals surface area contributed by atoms with Crippen molar-refractivity contribution in [2.24, 2.45) is 0 Å². The van der Waals surface area contributed by atoms with Gasteiger partial charge < -0.3 is 9.72 Å². The summed E-state index contributed by atoms with van der Waals surface area (Å²) in [5.41, 5.74) is 1.56. The van der Waals surface area contributed by atoms with Gasteiger partial charge >= 0.3 is 0 Å². The van der Waals surface area contributed by atoms with Crippen LogP contribution in [0.25, 0.3) is 0 Å². The second-order valence-electron chi connectivity index (χ2n) is 6.95. The maximum atomic E-state index is 13.2. The van der Waals surface area contributed by atoms with E-state index in [1.165, 1.54) is 18.2 Å². The van der Waals surface area contributed by atoms with Crippen LogP contribution in [0.15, 0.2) is 58.5 Å². The number of nitrogens with one attached hydrogen (secondary N) is 1. The van der Waals surface area contributed by atoms with Crippen LogP contribution in [0.3, 0.4) is 0 Å². The Balaban J connectivity index is 1.79. The fourth-order valence-electron chi connectivity index (χ4n) is 2.87. The number of imidazole rings is 1. The molecule has 0 saturated carbocycles. The van der Waals surface area contributed by atoms with E-state index in [9.17, 15) is 8.42 Å². The highest BCUT2D eigenvalue weighted by Crippen LogP contribution is 2.30. The molecule has 0 fully saturated rings. The third kappa shape index (κ3) is 5.39. The second-order valence-corrected chi connectivity index (χ2v) is 9.71. The van der Waals surface area contributed by atoms with Crippen LogP contribution in [0.4, 0.5) is 0 Å². The first-order valence-electron chi connectivity index (χ1n) is 9.19. The quantitative estimate of drug-likeness (QED) is 0.462. The lowest BCUT2D eigenvalue weighted by Crippen LogP contribution is -2.07. The number of H-pyrrole nitrogens is 1. The Labute approximate surface area is 181 Å². The Morgan fingerprint density at radius 2 is 1.72 bits per heavy atom. The van der Waals surface area contributed by atoms with Crippen molar-refractivity contribution in [2.75, 3.05) is 6.61 Å². The van der Waals surface area contributed by atoms with E-state index in [4.69, 9.17) is 27.9 Å². The smallest absolute Gasteiger partial charge is 0.223 e. The molecular weight excluding hydrogens is 431 g/mol. The lowest BCUT2D eigenvalue weighted by Gasteiger charge is -2.08. The lowest BCUT2D eigenvalue weighted by atomic mass is 10.2. The number of rotatable bonds is 8. The van der Waals surface area contributed by atoms with Gasteiger partial charge in [-0.1, -0.05) is 67.4 Å². The zero-order valence-corrected chi connectivity index (χ0v) is 18.5. The van der Waals surface area contributed by atoms with Gasteiger partial charge in [-0.25, -0.2) is 13.4 Å². The van der Waals surface area contributed by atoms with Gasteiger partial charge in [-0.3, -0.25) is 0 Å². The Morgan fingerprint density at radius 1 is 1.07 bits per heavy atom. The zero-order valence-electron chi connectivity index (χ0n) is 16.2. The number of benzene rings is 2. The molecular formula is C21H22Cl2N2O3S. The summed E-state index contributed by atoms with van der Waals surface area (Å²) >= 11 is 12.0. The molecule has 1 heterocycles. The van der Waals surface area contributed by atoms with Gasteiger partial charge in [0.05, 0.1) is 23.8 Å². The fraction of sp³-hybridized carbons (Fsp3) is 0.286. The first kappa shape index (κ1) is 21.8. The summed E-state index contributed by atoms with van der Waals surface area (Å²) in [6, 6.07) is 14.1. The molecule has 154 valence electrons. The minimum absolute atomic E-state index is 0.0347. The predicted octanol–water partition coefficient (Wildman–Crippen LogP) is 5.43. The van der Waals surface area contributed by atoms with Crippen molar-refractivity contribution in [3.05, 3.63) is 75.7 Å². The molecule has 0 spiro atoms. The molecule has 0 unspecified atom stereocenters. The van der Waals surface area contributed by atoms with Crippen molar-refractivity contribution < 1.29 is 13.2 Å². The number of nitrogens with zero attached hydrogens (tertiary/aromatic N) is 1. The highest BCUT2D eigenvalue weighted by molar-refractivity contribution is 7.91. The zero-order chi connectivity index (χ0) is 21.0. The molecule has 2 aromatic carbocycles. The lowest BCUT2D eigenvalue weighted by molar-refractivity contribution is 0.122. The normalized spacial score (nSPS) is 11.9. The van der Waals surface area contributed by atoms with Crippen molar-refractivity contribution in [2.45, 2.75) is 42.7 Å². The summed E-state index contributed by atoms with van der Waals surface area (Å²) in [5, 5.41) is 0.594. The van der Waals surface area contributed by atoms with Gasteiger partial charge in [-0.05, 0) is 29.7 Å². The molecule has 8 heteroatoms. The Bertz CT molecular complexity index is 1060. The number of halogens is 2. The van der Waals surface area contributed by atoms with Gasteiger partial charge in [0.25, 0.3) is 0 Å². The molecule has 0 saturated heterocycles. The summed E-state index contributed by atoms with van der Waals surface area (Å²) < 4.78 is 32.0. The molecule has 3 aromatic rings. The van der Waals surface area contributed by atoms with Gasteiger partial charge in [-0.2, -0.15) is 0 Å². The molecule has 29 heavy (non-hydrogen) atoms. The van der Waals surface area contributed by atoms with Gasteiger partial charge in [-0.15, -0.1) is 0 Å². The molecule has 0 aliphatic carbocycles. The van der Waals surface area contributed by atoms with Crippen molar-refractivity contribution in [1.82, 2.24) is 9.97 Å². The first-order chi connectivity index (χ1) is 13.8. The van der Waals surface area contributed by atoms with Crippen LogP contribution in [0.5, 0.6) is 0 Å². The maximum Gasteiger partial charge on any atom is 0.223 e. The van der Waals surface area contributed by atoms with Crippen LogP contribution >= 0.6 is 23.2 Å². The van der Waals surface area contributed by atoms with Crippen LogP contribution < -0.4 is 0 Å². The van der Waals surface area contributed by atoms with E-state index >= 15 is 0 Å². The van der Waals surface area contributed by atoms with Gasteiger partial charge in [0.1, 0.15) is 5.82 Å². The van der Waals surface area contributed by atoms with E-state index in [0.29, 0.717) is 31.2 Å². The summed E-state index contributed by atoms with van der Waals surface area (Å²) in [6.07, 6.45) is 0.471. The van der Waals surface area contributed by atoms with E-state index < -0.39 is 9.84 Å². The molecule has 0 bridgehead atoms. The summed E-state index contributed by atoms with van der Waals surface area (Å²) in [5.74, 6) is 0.484. The standard InChI is InChI=1S/C21H22Cl2N2O3S/c1-14(2)20-21(29(26,27)18-11-16(22)10-17(23)12-18)25-19(24-20)8-9-28-13-15-6-4-3-5-7-15/h3-7,10-12,14H,8-9,13H2,1-2H3,(H,24,25). The van der Waals surface area contributed by atoms with E-state index in [2.05, 4.69) is 9.97 Å². The first-order valence-corrected chi connectivity index (χ1v) is 11.4. The number of aromatic amines is 1. The molecule has 0 radical (unpaired) electrons. The largest absolute Gasteiger partial charge is 0.376 e. The third-order valence-electron chi connectivity index (χ3n) is 4.30. The monoisotopic (exact) mass is 452 g/mol. The topological polar surface area (TPSA) is 72.0 Å². The second kappa shape index (κ2) is 9.30. The number of hydrogen-bond donors (Lipinski definition) is 1. The van der Waals surface area contributed by atoms with Crippen LogP contribution in [-0.2, 0) is 27.6 Å². The maximum absolute atomic E-state index is 13.2. The molecule has 1 aromatic heterocycles. The minimum Gasteiger partial charge on any atom is -0.376 e. The molecule has 5 nitrogen and oxygen atoms in total. The Morgan fingerprint density at radius 3 is 2.34 bits per heavy atom. The third-order valence-corrected chi connectivity index (χ3v) is 6.44. The Kier molecular flexibility index (Phi) is 7.01. The van der Waals surface area contributed by atoms with Crippen molar-refractivity contribution >= 4 is 33.0 Å². The molecule has 1 N–H and O–H groups in total. The fourth-order valence-corrected chi connectivity index (χ4v) is 5.13. The van der Waals surface area contributed by atoms with Gasteiger partial charge in [0, 0.05) is 16.5 Å². The molecule has 0 aliphatic rings. The van der Waals surface area contributed by atoms with Crippen LogP contribution in [0.2, 0.25) is 10.0 Å². The van der Waals surface area contributed by atoms with Crippen molar-refractivity contribution in [3.63, 3.8) is 0 Å². The van der Waals surface area contributed by atoms with Crippen LogP contribution in [0.1, 0.15) is 36.8 Å². The van der Waals surface area contributed by atoms with E-state index in [-0.39, 0.29) is 25.9 Å². The van der Waals surface area contributed by atoms with E-state index in [1.54, 1.807) is 0 Å². The molecule has 0 aliphatic heterocycles. The number of hydrogen-bond acceptors (Lipinski definition) is 4. The summed E-state index contributed by atoms with van der Waals surface area (Å²) in [4.78, 5) is 7.52. The van der Waals surface area contributed by atoms with Crippen LogP contribution in [0, 0.1) is 0 Å². The van der Waals surface area contributed by atoms with E-state index in [0.717, 1.165) is 5.56 Å². The number of ether oxygens (including phenoxy) is 1. The SMILES string of the molecule is CC(C)c1nc(CCOCc2ccccc2)[nH]c1S(=O)(=O)c1cc(Cl)cc(Cl)c1. The Hall–Kier alpha value is -1.86. The predicted molar refractivity (Wildman–Crippen MR) is 114 cm³/mol. The molecule has 0 amide bonds. The highest BCUT2D eigenvalue weighted by atomic mass is 35.5. The van der Waals surface area contributed by atoms with Crippen LogP contribution in [-0.4, -0.2) is 25.0 Å². The summed E-state index contributed by atoms with van der Waals surface area (Å²) in [6.45, 7) is 4.71.